The summed E-state index contributed by atoms with van der Waals surface area (Å²) in [6.07, 6.45) is 0. The van der Waals surface area contributed by atoms with Crippen molar-refractivity contribution in [3.05, 3.63) is 105 Å². The summed E-state index contributed by atoms with van der Waals surface area (Å²) in [7, 11) is 0. The normalized spacial score (nSPS) is 10.7. The van der Waals surface area contributed by atoms with Gasteiger partial charge in [-0.3, -0.25) is 4.79 Å². The maximum absolute atomic E-state index is 13.7. The van der Waals surface area contributed by atoms with Crippen LogP contribution in [0.2, 0.25) is 0 Å². The number of hydrogen-bond acceptors (Lipinski definition) is 6. The number of aryl methyl sites for hydroxylation is 2. The summed E-state index contributed by atoms with van der Waals surface area (Å²) in [6, 6.07) is 17.0. The summed E-state index contributed by atoms with van der Waals surface area (Å²) in [4.78, 5) is 37.0. The van der Waals surface area contributed by atoms with Gasteiger partial charge < -0.3 is 19.2 Å². The molecule has 0 bridgehead atoms. The predicted molar refractivity (Wildman–Crippen MR) is 128 cm³/mol. The van der Waals surface area contributed by atoms with Crippen LogP contribution in [-0.4, -0.2) is 18.5 Å². The SMILES string of the molecule is Cc1ccc2c(COC(=O)c3ccccc3OCC(=O)Nc3ccccc3F)cc(=O)oc2c1C. The van der Waals surface area contributed by atoms with Crippen LogP contribution in [-0.2, 0) is 16.1 Å². The van der Waals surface area contributed by atoms with Gasteiger partial charge in [-0.2, -0.15) is 0 Å². The van der Waals surface area contributed by atoms with Crippen molar-refractivity contribution >= 4 is 28.5 Å². The van der Waals surface area contributed by atoms with Crippen LogP contribution in [0.25, 0.3) is 11.0 Å². The third-order valence-corrected chi connectivity index (χ3v) is 5.49. The molecule has 0 atom stereocenters. The molecule has 35 heavy (non-hydrogen) atoms. The fourth-order valence-electron chi connectivity index (χ4n) is 3.52. The summed E-state index contributed by atoms with van der Waals surface area (Å²) in [5.74, 6) is -1.73. The average molecular weight is 475 g/mol. The summed E-state index contributed by atoms with van der Waals surface area (Å²) >= 11 is 0. The summed E-state index contributed by atoms with van der Waals surface area (Å²) in [5, 5.41) is 3.09. The monoisotopic (exact) mass is 475 g/mol. The molecule has 7 nitrogen and oxygen atoms in total. The number of amides is 1. The Hall–Kier alpha value is -4.46. The number of carbonyl (C=O) groups is 2. The quantitative estimate of drug-likeness (QED) is 0.301. The lowest BCUT2D eigenvalue weighted by atomic mass is 10.0. The Bertz CT molecular complexity index is 1480. The Morgan fingerprint density at radius 3 is 2.54 bits per heavy atom. The van der Waals surface area contributed by atoms with Crippen LogP contribution in [0.5, 0.6) is 5.75 Å². The van der Waals surface area contributed by atoms with Crippen molar-refractivity contribution in [2.75, 3.05) is 11.9 Å². The maximum Gasteiger partial charge on any atom is 0.342 e. The van der Waals surface area contributed by atoms with E-state index < -0.39 is 29.9 Å². The highest BCUT2D eigenvalue weighted by Gasteiger charge is 2.17. The maximum atomic E-state index is 13.7. The molecule has 1 heterocycles. The molecular weight excluding hydrogens is 453 g/mol. The average Bonchev–Trinajstić information content (AvgIpc) is 2.85. The van der Waals surface area contributed by atoms with E-state index in [0.717, 1.165) is 11.1 Å². The van der Waals surface area contributed by atoms with E-state index in [1.807, 2.05) is 26.0 Å². The number of halogens is 1. The fraction of sp³-hybridized carbons (Fsp3) is 0.148. The molecule has 0 radical (unpaired) electrons. The van der Waals surface area contributed by atoms with E-state index in [4.69, 9.17) is 13.9 Å². The highest BCUT2D eigenvalue weighted by atomic mass is 19.1. The molecule has 0 saturated carbocycles. The molecule has 0 aliphatic carbocycles. The Morgan fingerprint density at radius 1 is 1.00 bits per heavy atom. The van der Waals surface area contributed by atoms with E-state index in [-0.39, 0.29) is 23.6 Å². The molecule has 4 rings (SSSR count). The highest BCUT2D eigenvalue weighted by molar-refractivity contribution is 5.94. The molecular formula is C27H22FNO6. The van der Waals surface area contributed by atoms with E-state index in [0.29, 0.717) is 16.5 Å². The van der Waals surface area contributed by atoms with Crippen LogP contribution >= 0.6 is 0 Å². The van der Waals surface area contributed by atoms with Crippen LogP contribution in [0.1, 0.15) is 27.0 Å². The molecule has 3 aromatic carbocycles. The Balaban J connectivity index is 1.46. The number of hydrogen-bond donors (Lipinski definition) is 1. The van der Waals surface area contributed by atoms with Crippen LogP contribution < -0.4 is 15.7 Å². The minimum atomic E-state index is -0.694. The van der Waals surface area contributed by atoms with Gasteiger partial charge in [-0.1, -0.05) is 36.4 Å². The van der Waals surface area contributed by atoms with Crippen molar-refractivity contribution in [1.82, 2.24) is 0 Å². The predicted octanol–water partition coefficient (Wildman–Crippen LogP) is 4.92. The number of rotatable bonds is 7. The second-order valence-electron chi connectivity index (χ2n) is 7.86. The second kappa shape index (κ2) is 10.2. The van der Waals surface area contributed by atoms with Gasteiger partial charge in [-0.05, 0) is 49.2 Å². The molecule has 0 spiro atoms. The number of esters is 1. The molecule has 0 unspecified atom stereocenters. The van der Waals surface area contributed by atoms with Crippen molar-refractivity contribution in [3.8, 4) is 5.75 Å². The van der Waals surface area contributed by atoms with Crippen LogP contribution in [0.3, 0.4) is 0 Å². The van der Waals surface area contributed by atoms with Gasteiger partial charge in [0.25, 0.3) is 5.91 Å². The van der Waals surface area contributed by atoms with Crippen molar-refractivity contribution < 1.29 is 27.9 Å². The molecule has 4 aromatic rings. The Labute approximate surface area is 200 Å². The number of nitrogens with one attached hydrogen (secondary N) is 1. The van der Waals surface area contributed by atoms with Crippen molar-refractivity contribution in [2.45, 2.75) is 20.5 Å². The van der Waals surface area contributed by atoms with Crippen molar-refractivity contribution in [2.24, 2.45) is 0 Å². The first-order valence-electron chi connectivity index (χ1n) is 10.8. The van der Waals surface area contributed by atoms with Gasteiger partial charge in [0.05, 0.1) is 5.69 Å². The first-order chi connectivity index (χ1) is 16.8. The van der Waals surface area contributed by atoms with E-state index >= 15 is 0 Å². The zero-order valence-electron chi connectivity index (χ0n) is 19.1. The van der Waals surface area contributed by atoms with E-state index in [1.54, 1.807) is 18.2 Å². The minimum Gasteiger partial charge on any atom is -0.483 e. The third-order valence-electron chi connectivity index (χ3n) is 5.49. The Kier molecular flexibility index (Phi) is 6.91. The van der Waals surface area contributed by atoms with Crippen LogP contribution in [0, 0.1) is 19.7 Å². The lowest BCUT2D eigenvalue weighted by Gasteiger charge is -2.13. The molecule has 178 valence electrons. The van der Waals surface area contributed by atoms with E-state index in [2.05, 4.69) is 5.32 Å². The molecule has 0 fully saturated rings. The van der Waals surface area contributed by atoms with Crippen molar-refractivity contribution in [3.63, 3.8) is 0 Å². The number of benzene rings is 3. The summed E-state index contributed by atoms with van der Waals surface area (Å²) in [5.41, 5.74) is 2.36. The van der Waals surface area contributed by atoms with Crippen LogP contribution in [0.15, 0.2) is 75.9 Å². The van der Waals surface area contributed by atoms with Gasteiger partial charge in [-0.15, -0.1) is 0 Å². The topological polar surface area (TPSA) is 94.8 Å². The zero-order valence-corrected chi connectivity index (χ0v) is 19.1. The fourth-order valence-corrected chi connectivity index (χ4v) is 3.52. The number of ether oxygens (including phenoxy) is 2. The second-order valence-corrected chi connectivity index (χ2v) is 7.86. The van der Waals surface area contributed by atoms with E-state index in [1.165, 1.54) is 36.4 Å². The molecule has 8 heteroatoms. The standard InChI is InChI=1S/C27H22FNO6/c1-16-11-12-19-18(13-25(31)35-26(19)17(16)2)14-34-27(32)20-7-3-6-10-23(20)33-15-24(30)29-22-9-5-4-8-21(22)28/h3-13H,14-15H2,1-2H3,(H,29,30). The Morgan fingerprint density at radius 2 is 1.74 bits per heavy atom. The minimum absolute atomic E-state index is 0.0267. The lowest BCUT2D eigenvalue weighted by Crippen LogP contribution is -2.21. The van der Waals surface area contributed by atoms with Gasteiger partial charge in [-0.25, -0.2) is 14.0 Å². The highest BCUT2D eigenvalue weighted by Crippen LogP contribution is 2.25. The largest absolute Gasteiger partial charge is 0.483 e. The van der Waals surface area contributed by atoms with E-state index in [9.17, 15) is 18.8 Å². The van der Waals surface area contributed by atoms with Gasteiger partial charge in [0.15, 0.2) is 6.61 Å². The van der Waals surface area contributed by atoms with Crippen molar-refractivity contribution in [1.29, 1.82) is 0 Å². The molecule has 1 aromatic heterocycles. The van der Waals surface area contributed by atoms with Crippen LogP contribution in [0.4, 0.5) is 10.1 Å². The molecule has 1 N–H and O–H groups in total. The zero-order chi connectivity index (χ0) is 24.9. The first-order valence-corrected chi connectivity index (χ1v) is 10.8. The summed E-state index contributed by atoms with van der Waals surface area (Å²) < 4.78 is 30.0. The number of carbonyl (C=O) groups excluding carboxylic acids is 2. The van der Waals surface area contributed by atoms with Gasteiger partial charge in [0, 0.05) is 17.0 Å². The lowest BCUT2D eigenvalue weighted by molar-refractivity contribution is -0.118. The molecule has 0 aliphatic rings. The van der Waals surface area contributed by atoms with Gasteiger partial charge in [0.1, 0.15) is 29.3 Å². The van der Waals surface area contributed by atoms with Gasteiger partial charge in [0.2, 0.25) is 0 Å². The van der Waals surface area contributed by atoms with Gasteiger partial charge >= 0.3 is 11.6 Å². The molecule has 0 saturated heterocycles. The smallest absolute Gasteiger partial charge is 0.342 e. The molecule has 0 aliphatic heterocycles. The number of fused-ring (bicyclic) bond motifs is 1. The third kappa shape index (κ3) is 5.38. The summed E-state index contributed by atoms with van der Waals surface area (Å²) in [6.45, 7) is 3.16. The number of anilines is 1. The first kappa shape index (κ1) is 23.7. The number of para-hydroxylation sites is 2. The molecule has 1 amide bonds.